The smallest absolute Gasteiger partial charge is 0.340 e. The van der Waals surface area contributed by atoms with Gasteiger partial charge in [0.1, 0.15) is 17.3 Å². The van der Waals surface area contributed by atoms with E-state index in [4.69, 9.17) is 13.9 Å². The fourth-order valence-corrected chi connectivity index (χ4v) is 5.20. The van der Waals surface area contributed by atoms with Gasteiger partial charge in [-0.15, -0.1) is 0 Å². The summed E-state index contributed by atoms with van der Waals surface area (Å²) in [6.45, 7) is 3.85. The van der Waals surface area contributed by atoms with Gasteiger partial charge in [-0.05, 0) is 68.3 Å². The van der Waals surface area contributed by atoms with Gasteiger partial charge in [-0.25, -0.2) is 17.9 Å². The van der Waals surface area contributed by atoms with Crippen molar-refractivity contribution in [3.05, 3.63) is 100 Å². The van der Waals surface area contributed by atoms with Gasteiger partial charge < -0.3 is 18.8 Å². The van der Waals surface area contributed by atoms with E-state index in [1.54, 1.807) is 43.2 Å². The number of carbonyl (C=O) groups excluding carboxylic acids is 2. The van der Waals surface area contributed by atoms with E-state index in [1.807, 2.05) is 31.2 Å². The van der Waals surface area contributed by atoms with Crippen molar-refractivity contribution >= 4 is 28.0 Å². The van der Waals surface area contributed by atoms with Gasteiger partial charge in [-0.3, -0.25) is 4.79 Å². The molecule has 3 aromatic rings. The number of rotatable bonds is 10. The minimum atomic E-state index is -3.73. The topological polar surface area (TPSA) is 115 Å². The Morgan fingerprint density at radius 1 is 1.00 bits per heavy atom. The number of methoxy groups -OCH3 is 2. The van der Waals surface area contributed by atoms with Crippen LogP contribution in [0.4, 0.5) is 0 Å². The largest absolute Gasteiger partial charge is 0.497 e. The van der Waals surface area contributed by atoms with Gasteiger partial charge in [-0.1, -0.05) is 29.8 Å². The van der Waals surface area contributed by atoms with Crippen molar-refractivity contribution in [1.29, 1.82) is 0 Å². The number of nitrogens with zero attached hydrogens (tertiary/aromatic N) is 1. The summed E-state index contributed by atoms with van der Waals surface area (Å²) in [6.07, 6.45) is 2.05. The van der Waals surface area contributed by atoms with Crippen molar-refractivity contribution in [2.45, 2.75) is 31.7 Å². The van der Waals surface area contributed by atoms with Crippen LogP contribution in [0, 0.1) is 6.92 Å². The monoisotopic (exact) mass is 550 g/mol. The maximum absolute atomic E-state index is 13.4. The number of sulfonamides is 1. The second-order valence-corrected chi connectivity index (χ2v) is 10.8. The van der Waals surface area contributed by atoms with Crippen LogP contribution in [-0.4, -0.2) is 46.0 Å². The van der Waals surface area contributed by atoms with Gasteiger partial charge in [0.25, 0.3) is 5.91 Å². The first-order chi connectivity index (χ1) is 18.6. The average Bonchev–Trinajstić information content (AvgIpc) is 3.48. The van der Waals surface area contributed by atoms with Crippen LogP contribution in [0.15, 0.2) is 86.8 Å². The second kappa shape index (κ2) is 11.7. The summed E-state index contributed by atoms with van der Waals surface area (Å²) in [5, 5.41) is 0. The third-order valence-corrected chi connectivity index (χ3v) is 7.84. The summed E-state index contributed by atoms with van der Waals surface area (Å²) in [7, 11) is -0.873. The summed E-state index contributed by atoms with van der Waals surface area (Å²) in [5.41, 5.74) is 2.76. The molecule has 1 aliphatic rings. The molecule has 204 valence electrons. The third-order valence-electron chi connectivity index (χ3n) is 6.42. The first-order valence-corrected chi connectivity index (χ1v) is 13.7. The van der Waals surface area contributed by atoms with Crippen LogP contribution in [0.5, 0.6) is 5.75 Å². The van der Waals surface area contributed by atoms with E-state index >= 15 is 0 Å². The lowest BCUT2D eigenvalue weighted by Gasteiger charge is -2.17. The van der Waals surface area contributed by atoms with Gasteiger partial charge >= 0.3 is 5.97 Å². The molecule has 0 unspecified atom stereocenters. The molecule has 1 aromatic heterocycles. The van der Waals surface area contributed by atoms with E-state index < -0.39 is 16.0 Å². The Morgan fingerprint density at radius 2 is 1.69 bits per heavy atom. The summed E-state index contributed by atoms with van der Waals surface area (Å²) in [6, 6.07) is 17.3. The highest BCUT2D eigenvalue weighted by Crippen LogP contribution is 2.32. The summed E-state index contributed by atoms with van der Waals surface area (Å²) >= 11 is 0. The molecule has 2 aromatic carbocycles. The molecule has 4 rings (SSSR count). The van der Waals surface area contributed by atoms with E-state index in [0.29, 0.717) is 30.2 Å². The summed E-state index contributed by atoms with van der Waals surface area (Å²) < 4.78 is 43.6. The van der Waals surface area contributed by atoms with Crippen LogP contribution in [0.25, 0.3) is 6.08 Å². The lowest BCUT2D eigenvalue weighted by molar-refractivity contribution is -0.136. The molecule has 0 atom stereocenters. The number of furan rings is 1. The van der Waals surface area contributed by atoms with Gasteiger partial charge in [-0.2, -0.15) is 0 Å². The Kier molecular flexibility index (Phi) is 8.37. The number of aryl methyl sites for hydroxylation is 1. The van der Waals surface area contributed by atoms with Crippen molar-refractivity contribution < 1.29 is 31.9 Å². The van der Waals surface area contributed by atoms with E-state index in [2.05, 4.69) is 4.72 Å². The zero-order chi connectivity index (χ0) is 28.2. The zero-order valence-electron chi connectivity index (χ0n) is 22.2. The molecule has 0 spiro atoms. The maximum atomic E-state index is 13.4. The Labute approximate surface area is 227 Å². The Balaban J connectivity index is 1.50. The molecule has 0 saturated carbocycles. The molecule has 2 heterocycles. The highest BCUT2D eigenvalue weighted by atomic mass is 32.2. The summed E-state index contributed by atoms with van der Waals surface area (Å²) in [5.74, 6) is 0.413. The molecule has 0 bridgehead atoms. The van der Waals surface area contributed by atoms with Gasteiger partial charge in [0.15, 0.2) is 0 Å². The predicted molar refractivity (Wildman–Crippen MR) is 145 cm³/mol. The number of benzene rings is 2. The molecule has 1 N–H and O–H groups in total. The van der Waals surface area contributed by atoms with Crippen molar-refractivity contribution in [3.8, 4) is 5.75 Å². The van der Waals surface area contributed by atoms with Crippen LogP contribution >= 0.6 is 0 Å². The van der Waals surface area contributed by atoms with E-state index in [1.165, 1.54) is 25.3 Å². The lowest BCUT2D eigenvalue weighted by Crippen LogP contribution is -2.27. The second-order valence-electron chi connectivity index (χ2n) is 9.01. The molecule has 0 aliphatic carbocycles. The molecule has 0 fully saturated rings. The van der Waals surface area contributed by atoms with Crippen LogP contribution in [0.3, 0.4) is 0 Å². The highest BCUT2D eigenvalue weighted by Gasteiger charge is 2.37. The number of hydrogen-bond donors (Lipinski definition) is 1. The van der Waals surface area contributed by atoms with Crippen LogP contribution < -0.4 is 9.46 Å². The standard InChI is InChI=1S/C29H30N2O7S/c1-19-5-13-25(14-6-19)39(34,35)30-18-24-12-11-23(38-24)17-26-27(29(33)37-4)20(2)31(28(26)32)16-15-21-7-9-22(36-3)10-8-21/h5-14,17,30H,15-16,18H2,1-4H3. The minimum Gasteiger partial charge on any atom is -0.497 e. The number of allylic oxidation sites excluding steroid dienone is 1. The number of esters is 1. The zero-order valence-corrected chi connectivity index (χ0v) is 23.0. The number of amides is 1. The predicted octanol–water partition coefficient (Wildman–Crippen LogP) is 3.99. The fraction of sp³-hybridized carbons (Fsp3) is 0.241. The van der Waals surface area contributed by atoms with Crippen LogP contribution in [0.2, 0.25) is 0 Å². The Morgan fingerprint density at radius 3 is 2.33 bits per heavy atom. The van der Waals surface area contributed by atoms with Crippen LogP contribution in [-0.2, 0) is 37.3 Å². The van der Waals surface area contributed by atoms with E-state index in [-0.39, 0.29) is 28.5 Å². The third kappa shape index (κ3) is 6.30. The number of ether oxygens (including phenoxy) is 2. The van der Waals surface area contributed by atoms with Gasteiger partial charge in [0.2, 0.25) is 10.0 Å². The van der Waals surface area contributed by atoms with Crippen molar-refractivity contribution in [2.75, 3.05) is 20.8 Å². The molecule has 39 heavy (non-hydrogen) atoms. The van der Waals surface area contributed by atoms with Crippen molar-refractivity contribution in [3.63, 3.8) is 0 Å². The normalized spacial score (nSPS) is 14.8. The number of carbonyl (C=O) groups is 2. The molecule has 1 aliphatic heterocycles. The first-order valence-electron chi connectivity index (χ1n) is 12.2. The Bertz CT molecular complexity index is 1530. The van der Waals surface area contributed by atoms with Gasteiger partial charge in [0, 0.05) is 12.2 Å². The highest BCUT2D eigenvalue weighted by molar-refractivity contribution is 7.89. The number of nitrogens with one attached hydrogen (secondary N) is 1. The van der Waals surface area contributed by atoms with Gasteiger partial charge in [0.05, 0.1) is 36.8 Å². The van der Waals surface area contributed by atoms with Crippen LogP contribution in [0.1, 0.15) is 29.6 Å². The molecule has 0 radical (unpaired) electrons. The van der Waals surface area contributed by atoms with E-state index in [0.717, 1.165) is 16.9 Å². The molecule has 0 saturated heterocycles. The molecular weight excluding hydrogens is 520 g/mol. The first kappa shape index (κ1) is 27.9. The lowest BCUT2D eigenvalue weighted by atomic mass is 10.1. The molecule has 9 nitrogen and oxygen atoms in total. The van der Waals surface area contributed by atoms with Crippen molar-refractivity contribution in [1.82, 2.24) is 9.62 Å². The number of hydrogen-bond acceptors (Lipinski definition) is 7. The van der Waals surface area contributed by atoms with Crippen molar-refractivity contribution in [2.24, 2.45) is 0 Å². The SMILES string of the molecule is COC(=O)C1=C(C)N(CCc2ccc(OC)cc2)C(=O)C1=Cc1ccc(CNS(=O)(=O)c2ccc(C)cc2)o1. The van der Waals surface area contributed by atoms with E-state index in [9.17, 15) is 18.0 Å². The molecule has 1 amide bonds. The quantitative estimate of drug-likeness (QED) is 0.300. The molecular formula is C29H30N2O7S. The average molecular weight is 551 g/mol. The Hall–Kier alpha value is -4.15. The molecule has 10 heteroatoms. The summed E-state index contributed by atoms with van der Waals surface area (Å²) in [4.78, 5) is 27.7. The fourth-order valence-electron chi connectivity index (χ4n) is 4.21. The minimum absolute atomic E-state index is 0.0833. The maximum Gasteiger partial charge on any atom is 0.340 e.